The van der Waals surface area contributed by atoms with Crippen molar-refractivity contribution in [2.75, 3.05) is 4.90 Å². The van der Waals surface area contributed by atoms with Crippen LogP contribution in [0.1, 0.15) is 23.6 Å². The van der Waals surface area contributed by atoms with E-state index in [1.807, 2.05) is 0 Å². The second-order valence-corrected chi connectivity index (χ2v) is 16.7. The number of fused-ring (bicyclic) bond motifs is 7. The molecular weight excluding hydrogens is 749 g/mol. The molecule has 1 unspecified atom stereocenters. The number of aromatic nitrogens is 1. The highest BCUT2D eigenvalue weighted by atomic mass is 15.1. The van der Waals surface area contributed by atoms with Gasteiger partial charge in [0.15, 0.2) is 0 Å². The smallest absolute Gasteiger partial charge is 0.0542 e. The fourth-order valence-electron chi connectivity index (χ4n) is 10.1. The second kappa shape index (κ2) is 14.4. The van der Waals surface area contributed by atoms with Gasteiger partial charge < -0.3 is 9.47 Å². The van der Waals surface area contributed by atoms with Crippen molar-refractivity contribution in [1.29, 1.82) is 0 Å². The molecule has 0 aliphatic heterocycles. The number of hydrogen-bond donors (Lipinski definition) is 0. The van der Waals surface area contributed by atoms with Gasteiger partial charge >= 0.3 is 0 Å². The summed E-state index contributed by atoms with van der Waals surface area (Å²) in [5.41, 5.74) is 17.9. The van der Waals surface area contributed by atoms with Crippen LogP contribution < -0.4 is 4.90 Å². The van der Waals surface area contributed by atoms with Crippen LogP contribution in [0.15, 0.2) is 237 Å². The molecule has 0 radical (unpaired) electrons. The molecule has 2 heteroatoms. The van der Waals surface area contributed by atoms with Gasteiger partial charge in [0.05, 0.1) is 11.0 Å². The summed E-state index contributed by atoms with van der Waals surface area (Å²) < 4.78 is 2.43. The Morgan fingerprint density at radius 3 is 1.47 bits per heavy atom. The van der Waals surface area contributed by atoms with Crippen molar-refractivity contribution < 1.29 is 0 Å². The van der Waals surface area contributed by atoms with Crippen LogP contribution in [0.4, 0.5) is 17.1 Å². The summed E-state index contributed by atoms with van der Waals surface area (Å²) in [4.78, 5) is 2.40. The Hall–Kier alpha value is -7.94. The first-order valence-electron chi connectivity index (χ1n) is 21.5. The van der Waals surface area contributed by atoms with Crippen LogP contribution in [0.5, 0.6) is 0 Å². The van der Waals surface area contributed by atoms with E-state index in [0.29, 0.717) is 0 Å². The lowest BCUT2D eigenvalue weighted by Gasteiger charge is -2.29. The van der Waals surface area contributed by atoms with E-state index >= 15 is 0 Å². The third-order valence-corrected chi connectivity index (χ3v) is 13.2. The van der Waals surface area contributed by atoms with Crippen LogP contribution in [-0.2, 0) is 5.41 Å². The highest BCUT2D eigenvalue weighted by molar-refractivity contribution is 6.11. The number of hydrogen-bond acceptors (Lipinski definition) is 1. The van der Waals surface area contributed by atoms with Gasteiger partial charge in [0.2, 0.25) is 0 Å². The van der Waals surface area contributed by atoms with Gasteiger partial charge in [-0.1, -0.05) is 158 Å². The van der Waals surface area contributed by atoms with Crippen LogP contribution in [0.3, 0.4) is 0 Å². The van der Waals surface area contributed by atoms with Crippen molar-refractivity contribution in [3.63, 3.8) is 0 Å². The second-order valence-electron chi connectivity index (χ2n) is 16.7. The average Bonchev–Trinajstić information content (AvgIpc) is 3.80. The van der Waals surface area contributed by atoms with E-state index in [2.05, 4.69) is 253 Å². The van der Waals surface area contributed by atoms with Gasteiger partial charge in [0.1, 0.15) is 0 Å². The van der Waals surface area contributed by atoms with Gasteiger partial charge in [-0.3, -0.25) is 0 Å². The quantitative estimate of drug-likeness (QED) is 0.156. The molecule has 1 atom stereocenters. The largest absolute Gasteiger partial charge is 0.310 e. The predicted molar refractivity (Wildman–Crippen MR) is 261 cm³/mol. The molecular formula is C60H42N2. The van der Waals surface area contributed by atoms with E-state index in [4.69, 9.17) is 0 Å². The Kier molecular flexibility index (Phi) is 8.33. The summed E-state index contributed by atoms with van der Waals surface area (Å²) in [6.45, 7) is 2.43. The number of rotatable bonds is 7. The molecule has 0 saturated carbocycles. The van der Waals surface area contributed by atoms with Gasteiger partial charge in [-0.2, -0.15) is 0 Å². The van der Waals surface area contributed by atoms with Gasteiger partial charge in [-0.25, -0.2) is 0 Å². The molecule has 1 aliphatic carbocycles. The van der Waals surface area contributed by atoms with Crippen LogP contribution in [-0.4, -0.2) is 4.57 Å². The summed E-state index contributed by atoms with van der Waals surface area (Å²) in [5.74, 6) is 0. The first kappa shape index (κ1) is 36.0. The molecule has 1 aliphatic rings. The lowest BCUT2D eigenvalue weighted by molar-refractivity contribution is 0.716. The van der Waals surface area contributed by atoms with E-state index in [-0.39, 0.29) is 5.41 Å². The first-order chi connectivity index (χ1) is 30.6. The Balaban J connectivity index is 1.07. The van der Waals surface area contributed by atoms with E-state index in [9.17, 15) is 0 Å². The minimum Gasteiger partial charge on any atom is -0.310 e. The Labute approximate surface area is 362 Å². The third kappa shape index (κ3) is 5.72. The summed E-state index contributed by atoms with van der Waals surface area (Å²) in [5, 5.41) is 4.98. The lowest BCUT2D eigenvalue weighted by atomic mass is 9.73. The topological polar surface area (TPSA) is 8.17 Å². The lowest BCUT2D eigenvalue weighted by Crippen LogP contribution is -2.22. The predicted octanol–water partition coefficient (Wildman–Crippen LogP) is 16.1. The van der Waals surface area contributed by atoms with E-state index in [1.54, 1.807) is 0 Å². The number of nitrogens with zero attached hydrogens (tertiary/aromatic N) is 2. The average molecular weight is 791 g/mol. The molecule has 1 aromatic heterocycles. The fraction of sp³-hybridized carbons (Fsp3) is 0.0333. The standard InChI is InChI=1S/C60H42N2/c1-60(56-24-14-13-23-52(56)53-37-45-19-11-12-20-46(45)38-57(53)60)47-29-35-58-54(39-47)55-40-51(34-36-59(55)62(58)48-21-9-4-10-22-48)61(49-30-25-43(26-31-49)41-15-5-2-6-16-41)50-32-27-44(28-33-50)42-17-7-3-8-18-42/h2-40H,1H3. The summed E-state index contributed by atoms with van der Waals surface area (Å²) in [6.07, 6.45) is 0. The zero-order chi connectivity index (χ0) is 41.2. The van der Waals surface area contributed by atoms with Crippen LogP contribution in [0, 0.1) is 0 Å². The molecule has 0 N–H and O–H groups in total. The van der Waals surface area contributed by atoms with Gasteiger partial charge in [-0.15, -0.1) is 0 Å². The van der Waals surface area contributed by atoms with E-state index in [1.165, 1.54) is 82.6 Å². The maximum absolute atomic E-state index is 2.48. The van der Waals surface area contributed by atoms with Crippen LogP contribution >= 0.6 is 0 Å². The molecule has 0 bridgehead atoms. The fourth-order valence-corrected chi connectivity index (χ4v) is 10.1. The third-order valence-electron chi connectivity index (χ3n) is 13.2. The molecule has 0 amide bonds. The van der Waals surface area contributed by atoms with Crippen LogP contribution in [0.2, 0.25) is 0 Å². The van der Waals surface area contributed by atoms with E-state index < -0.39 is 0 Å². The Morgan fingerprint density at radius 2 is 0.839 bits per heavy atom. The Bertz CT molecular complexity index is 3360. The zero-order valence-electron chi connectivity index (χ0n) is 34.4. The molecule has 0 spiro atoms. The van der Waals surface area contributed by atoms with Crippen LogP contribution in [0.25, 0.3) is 71.6 Å². The first-order valence-corrected chi connectivity index (χ1v) is 21.5. The molecule has 292 valence electrons. The molecule has 0 fully saturated rings. The summed E-state index contributed by atoms with van der Waals surface area (Å²) in [6, 6.07) is 86.8. The molecule has 62 heavy (non-hydrogen) atoms. The molecule has 0 saturated heterocycles. The minimum absolute atomic E-state index is 0.351. The highest BCUT2D eigenvalue weighted by Gasteiger charge is 2.41. The normalized spacial score (nSPS) is 14.3. The molecule has 1 heterocycles. The molecule has 12 rings (SSSR count). The van der Waals surface area contributed by atoms with Crippen molar-refractivity contribution in [1.82, 2.24) is 4.57 Å². The monoisotopic (exact) mass is 790 g/mol. The van der Waals surface area contributed by atoms with E-state index in [0.717, 1.165) is 22.7 Å². The Morgan fingerprint density at radius 1 is 0.355 bits per heavy atom. The summed E-state index contributed by atoms with van der Waals surface area (Å²) in [7, 11) is 0. The number of para-hydroxylation sites is 1. The molecule has 2 nitrogen and oxygen atoms in total. The minimum atomic E-state index is -0.351. The zero-order valence-corrected chi connectivity index (χ0v) is 34.4. The van der Waals surface area contributed by atoms with Gasteiger partial charge in [0, 0.05) is 38.9 Å². The maximum Gasteiger partial charge on any atom is 0.0542 e. The summed E-state index contributed by atoms with van der Waals surface area (Å²) >= 11 is 0. The number of benzene rings is 10. The maximum atomic E-state index is 2.48. The molecule has 11 aromatic rings. The molecule has 10 aromatic carbocycles. The van der Waals surface area contributed by atoms with Crippen molar-refractivity contribution in [3.05, 3.63) is 253 Å². The SMILES string of the molecule is CC1(c2ccc3c(c2)c2cc(N(c4ccc(-c5ccccc5)cc4)c4ccc(-c5ccccc5)cc4)ccc2n3-c2ccccc2)c2ccccc2-c2cc3ccccc3cc21. The van der Waals surface area contributed by atoms with Crippen molar-refractivity contribution in [2.24, 2.45) is 0 Å². The van der Waals surface area contributed by atoms with Crippen molar-refractivity contribution in [2.45, 2.75) is 12.3 Å². The van der Waals surface area contributed by atoms with Gasteiger partial charge in [-0.05, 0) is 147 Å². The van der Waals surface area contributed by atoms with Crippen molar-refractivity contribution >= 4 is 49.6 Å². The van der Waals surface area contributed by atoms with Crippen molar-refractivity contribution in [3.8, 4) is 39.1 Å². The highest BCUT2D eigenvalue weighted by Crippen LogP contribution is 2.54. The number of anilines is 3. The van der Waals surface area contributed by atoms with Gasteiger partial charge in [0.25, 0.3) is 0 Å².